The van der Waals surface area contributed by atoms with E-state index in [2.05, 4.69) is 72.8 Å². The molecule has 0 bridgehead atoms. The van der Waals surface area contributed by atoms with Gasteiger partial charge in [-0.05, 0) is 85.8 Å². The van der Waals surface area contributed by atoms with Gasteiger partial charge >= 0.3 is 5.97 Å². The minimum atomic E-state index is -0.775. The molecular formula is C12H13I3N2NaO2. The SMILES string of the molecule is CN(C)C=Nc1c(I)cc(I)c(CCC(=O)O)c1I.[Na]. The number of aliphatic imine (C=N–C) groups is 1. The normalized spacial score (nSPS) is 10.4. The number of carboxylic acid groups (broad SMARTS) is 1. The molecule has 0 aliphatic carbocycles. The van der Waals surface area contributed by atoms with Crippen LogP contribution in [0.2, 0.25) is 0 Å². The van der Waals surface area contributed by atoms with Crippen molar-refractivity contribution in [1.82, 2.24) is 4.90 Å². The van der Waals surface area contributed by atoms with Gasteiger partial charge < -0.3 is 10.0 Å². The fourth-order valence-electron chi connectivity index (χ4n) is 1.37. The third-order valence-corrected chi connectivity index (χ3v) is 5.19. The van der Waals surface area contributed by atoms with Gasteiger partial charge in [0.1, 0.15) is 0 Å². The Bertz CT molecular complexity index is 522. The average molecular weight is 621 g/mol. The molecule has 0 amide bonds. The maximum Gasteiger partial charge on any atom is 0.303 e. The van der Waals surface area contributed by atoms with E-state index < -0.39 is 5.97 Å². The van der Waals surface area contributed by atoms with E-state index in [1.54, 1.807) is 6.34 Å². The minimum absolute atomic E-state index is 0. The Morgan fingerprint density at radius 3 is 2.45 bits per heavy atom. The summed E-state index contributed by atoms with van der Waals surface area (Å²) >= 11 is 6.76. The van der Waals surface area contributed by atoms with Gasteiger partial charge in [0.2, 0.25) is 0 Å². The first-order valence-corrected chi connectivity index (χ1v) is 8.65. The molecule has 4 nitrogen and oxygen atoms in total. The number of halogens is 3. The van der Waals surface area contributed by atoms with Gasteiger partial charge in [-0.1, -0.05) is 0 Å². The van der Waals surface area contributed by atoms with Crippen molar-refractivity contribution in [2.24, 2.45) is 4.99 Å². The van der Waals surface area contributed by atoms with Gasteiger partial charge in [-0.25, -0.2) is 4.99 Å². The molecule has 0 aliphatic rings. The van der Waals surface area contributed by atoms with Gasteiger partial charge in [-0.15, -0.1) is 0 Å². The average Bonchev–Trinajstić information content (AvgIpc) is 2.27. The molecule has 1 aromatic carbocycles. The molecule has 105 valence electrons. The van der Waals surface area contributed by atoms with Crippen LogP contribution in [0.25, 0.3) is 0 Å². The zero-order valence-electron chi connectivity index (χ0n) is 11.5. The fraction of sp³-hybridized carbons (Fsp3) is 0.333. The van der Waals surface area contributed by atoms with Crippen LogP contribution in [0, 0.1) is 10.7 Å². The van der Waals surface area contributed by atoms with Crippen molar-refractivity contribution in [3.8, 4) is 0 Å². The van der Waals surface area contributed by atoms with Gasteiger partial charge in [-0.3, -0.25) is 4.79 Å². The Morgan fingerprint density at radius 1 is 1.35 bits per heavy atom. The summed E-state index contributed by atoms with van der Waals surface area (Å²) in [6.07, 6.45) is 2.43. The van der Waals surface area contributed by atoms with Gasteiger partial charge in [0.15, 0.2) is 0 Å². The molecule has 8 heteroatoms. The van der Waals surface area contributed by atoms with Crippen molar-refractivity contribution in [1.29, 1.82) is 0 Å². The predicted molar refractivity (Wildman–Crippen MR) is 108 cm³/mol. The molecule has 0 aromatic heterocycles. The second kappa shape index (κ2) is 10.2. The number of carboxylic acids is 1. The largest absolute Gasteiger partial charge is 0.481 e. The molecule has 0 saturated carbocycles. The molecule has 0 aliphatic heterocycles. The molecule has 0 unspecified atom stereocenters. The summed E-state index contributed by atoms with van der Waals surface area (Å²) < 4.78 is 3.20. The zero-order chi connectivity index (χ0) is 14.6. The summed E-state index contributed by atoms with van der Waals surface area (Å²) in [6.45, 7) is 0. The third-order valence-electron chi connectivity index (χ3n) is 2.25. The van der Waals surface area contributed by atoms with Gasteiger partial charge in [0, 0.05) is 60.8 Å². The van der Waals surface area contributed by atoms with Crippen LogP contribution in [0.5, 0.6) is 0 Å². The van der Waals surface area contributed by atoms with Crippen LogP contribution in [0.4, 0.5) is 5.69 Å². The Labute approximate surface area is 181 Å². The Morgan fingerprint density at radius 2 is 1.95 bits per heavy atom. The number of benzene rings is 1. The summed E-state index contributed by atoms with van der Waals surface area (Å²) in [4.78, 5) is 17.1. The Balaban J connectivity index is 0.00000361. The first-order valence-electron chi connectivity index (χ1n) is 5.41. The van der Waals surface area contributed by atoms with Crippen molar-refractivity contribution in [3.63, 3.8) is 0 Å². The van der Waals surface area contributed by atoms with Crippen molar-refractivity contribution in [2.75, 3.05) is 14.1 Å². The molecule has 0 spiro atoms. The van der Waals surface area contributed by atoms with Crippen LogP contribution in [0.1, 0.15) is 12.0 Å². The molecule has 1 N–H and O–H groups in total. The summed E-state index contributed by atoms with van der Waals surface area (Å²) in [6, 6.07) is 2.04. The number of aliphatic carboxylic acids is 1. The van der Waals surface area contributed by atoms with E-state index in [1.165, 1.54) is 0 Å². The number of nitrogens with zero attached hydrogens (tertiary/aromatic N) is 2. The van der Waals surface area contributed by atoms with Crippen molar-refractivity contribution >= 4 is 115 Å². The van der Waals surface area contributed by atoms with Crippen molar-refractivity contribution < 1.29 is 9.90 Å². The zero-order valence-corrected chi connectivity index (χ0v) is 19.9. The Kier molecular flexibility index (Phi) is 10.9. The third kappa shape index (κ3) is 6.63. The quantitative estimate of drug-likeness (QED) is 0.238. The summed E-state index contributed by atoms with van der Waals surface area (Å²) in [5, 5.41) is 8.81. The maximum absolute atomic E-state index is 10.7. The Hall–Kier alpha value is 1.35. The molecule has 0 saturated heterocycles. The van der Waals surface area contributed by atoms with Crippen LogP contribution in [0.3, 0.4) is 0 Å². The van der Waals surface area contributed by atoms with Gasteiger partial charge in [0.25, 0.3) is 0 Å². The second-order valence-corrected chi connectivity index (χ2v) is 7.49. The van der Waals surface area contributed by atoms with Crippen LogP contribution >= 0.6 is 67.8 Å². The molecule has 20 heavy (non-hydrogen) atoms. The number of carbonyl (C=O) groups is 1. The van der Waals surface area contributed by atoms with E-state index in [0.29, 0.717) is 6.42 Å². The van der Waals surface area contributed by atoms with Crippen LogP contribution in [-0.2, 0) is 11.2 Å². The van der Waals surface area contributed by atoms with Gasteiger partial charge in [-0.2, -0.15) is 0 Å². The van der Waals surface area contributed by atoms with Gasteiger partial charge in [0.05, 0.1) is 12.0 Å². The fourth-order valence-corrected chi connectivity index (χ4v) is 5.56. The standard InChI is InChI=1S/C12H13I3N2O2.Na/c1-17(2)6-16-12-9(14)5-8(13)7(11(12)15)3-4-10(18)19;/h5-6H,3-4H2,1-2H3,(H,18,19);. The van der Waals surface area contributed by atoms with E-state index >= 15 is 0 Å². The number of hydrogen-bond acceptors (Lipinski definition) is 2. The number of rotatable bonds is 5. The maximum atomic E-state index is 10.7. The van der Waals surface area contributed by atoms with Crippen molar-refractivity contribution in [3.05, 3.63) is 22.3 Å². The monoisotopic (exact) mass is 621 g/mol. The predicted octanol–water partition coefficient (Wildman–Crippen LogP) is 3.36. The van der Waals surface area contributed by atoms with E-state index in [0.717, 1.165) is 22.0 Å². The topological polar surface area (TPSA) is 52.9 Å². The van der Waals surface area contributed by atoms with Crippen molar-refractivity contribution in [2.45, 2.75) is 12.8 Å². The first kappa shape index (κ1) is 21.4. The number of hydrogen-bond donors (Lipinski definition) is 1. The molecular weight excluding hydrogens is 608 g/mol. The summed E-state index contributed by atoms with van der Waals surface area (Å²) in [5.41, 5.74) is 1.98. The minimum Gasteiger partial charge on any atom is -0.481 e. The molecule has 0 heterocycles. The molecule has 1 rings (SSSR count). The molecule has 1 radical (unpaired) electrons. The summed E-state index contributed by atoms with van der Waals surface area (Å²) in [7, 11) is 3.84. The summed E-state index contributed by atoms with van der Waals surface area (Å²) in [5.74, 6) is -0.775. The van der Waals surface area contributed by atoms with E-state index in [4.69, 9.17) is 5.11 Å². The van der Waals surface area contributed by atoms with Crippen LogP contribution in [-0.4, -0.2) is 66.0 Å². The van der Waals surface area contributed by atoms with Crippen LogP contribution < -0.4 is 0 Å². The smallest absolute Gasteiger partial charge is 0.303 e. The van der Waals surface area contributed by atoms with E-state index in [-0.39, 0.29) is 36.0 Å². The second-order valence-electron chi connectivity index (χ2n) is 4.08. The molecule has 0 fully saturated rings. The molecule has 0 atom stereocenters. The van der Waals surface area contributed by atoms with Crippen LogP contribution in [0.15, 0.2) is 11.1 Å². The van der Waals surface area contributed by atoms with E-state index in [9.17, 15) is 4.79 Å². The molecule has 1 aromatic rings. The van der Waals surface area contributed by atoms with E-state index in [1.807, 2.05) is 25.1 Å². The first-order chi connectivity index (χ1) is 8.82.